The normalized spacial score (nSPS) is 26.5. The zero-order chi connectivity index (χ0) is 26.7. The minimum atomic E-state index is -0.628. The van der Waals surface area contributed by atoms with Gasteiger partial charge in [-0.05, 0) is 68.5 Å². The molecule has 0 aromatic heterocycles. The monoisotopic (exact) mass is 509 g/mol. The molecule has 0 radical (unpaired) electrons. The van der Waals surface area contributed by atoms with Gasteiger partial charge in [-0.15, -0.1) is 0 Å². The summed E-state index contributed by atoms with van der Waals surface area (Å²) < 4.78 is 5.61. The predicted molar refractivity (Wildman–Crippen MR) is 140 cm³/mol. The fourth-order valence-electron chi connectivity index (χ4n) is 6.57. The van der Waals surface area contributed by atoms with Gasteiger partial charge >= 0.3 is 0 Å². The van der Waals surface area contributed by atoms with Crippen LogP contribution in [0.15, 0.2) is 83.0 Å². The number of allylic oxidation sites excluding steroid dienone is 6. The number of nitrogens with zero attached hydrogens (tertiary/aromatic N) is 1. The average Bonchev–Trinajstić information content (AvgIpc) is 3.17. The number of fused-ring (bicyclic) bond motifs is 3. The molecule has 7 heteroatoms. The molecule has 192 valence electrons. The Hall–Kier alpha value is -4.26. The second-order valence-corrected chi connectivity index (χ2v) is 10.2. The second kappa shape index (κ2) is 8.94. The van der Waals surface area contributed by atoms with Gasteiger partial charge in [0.25, 0.3) is 0 Å². The summed E-state index contributed by atoms with van der Waals surface area (Å²) in [5.74, 6) is -2.82. The van der Waals surface area contributed by atoms with Crippen molar-refractivity contribution in [3.63, 3.8) is 0 Å². The Kier molecular flexibility index (Phi) is 5.67. The largest absolute Gasteiger partial charge is 0.504 e. The standard InChI is InChI=1S/C31H27NO6/c1-3-38-25-14-17(9-12-23(25)33)26-19-10-11-20-27(31(37)32(30(20)36)18-7-5-4-6-8-18)21(19)15-22-28(26)24(34)13-16(2)29(22)35/h4-10,12-14,20-21,26-27,33H,3,11,15H2,1-2H3/t20-,21+,26-,27-/m0/s1. The summed E-state index contributed by atoms with van der Waals surface area (Å²) in [5, 5.41) is 10.3. The van der Waals surface area contributed by atoms with Gasteiger partial charge < -0.3 is 9.84 Å². The van der Waals surface area contributed by atoms with Crippen LogP contribution >= 0.6 is 0 Å². The van der Waals surface area contributed by atoms with Crippen molar-refractivity contribution in [1.29, 1.82) is 0 Å². The molecule has 0 spiro atoms. The van der Waals surface area contributed by atoms with Gasteiger partial charge in [-0.25, -0.2) is 0 Å². The van der Waals surface area contributed by atoms with Gasteiger partial charge in [0.1, 0.15) is 0 Å². The third-order valence-electron chi connectivity index (χ3n) is 8.19. The number of imide groups is 1. The Labute approximate surface area is 220 Å². The van der Waals surface area contributed by atoms with Crippen LogP contribution in [0, 0.1) is 17.8 Å². The Morgan fingerprint density at radius 3 is 2.50 bits per heavy atom. The Bertz CT molecular complexity index is 1500. The number of ether oxygens (including phenoxy) is 1. The number of rotatable bonds is 4. The number of aromatic hydroxyl groups is 1. The SMILES string of the molecule is CCOc1cc([C@H]2C3=CC[C@@H]4C(=O)N(c5ccccc5)C(=O)[C@@H]4[C@@H]3CC3=C2C(=O)C=C(C)C3=O)ccc1O. The number of Topliss-reactive ketones (excluding diaryl/α,β-unsaturated/α-hetero) is 1. The van der Waals surface area contributed by atoms with E-state index in [1.807, 2.05) is 19.1 Å². The van der Waals surface area contributed by atoms with Crippen LogP contribution in [0.2, 0.25) is 0 Å². The van der Waals surface area contributed by atoms with Crippen LogP contribution in [0.25, 0.3) is 0 Å². The van der Waals surface area contributed by atoms with E-state index in [1.54, 1.807) is 43.3 Å². The number of phenolic OH excluding ortho intramolecular Hbond substituents is 1. The predicted octanol–water partition coefficient (Wildman–Crippen LogP) is 4.43. The van der Waals surface area contributed by atoms with Crippen molar-refractivity contribution in [2.45, 2.75) is 32.6 Å². The third kappa shape index (κ3) is 3.49. The molecule has 38 heavy (non-hydrogen) atoms. The van der Waals surface area contributed by atoms with Gasteiger partial charge in [-0.3, -0.25) is 24.1 Å². The van der Waals surface area contributed by atoms with Gasteiger partial charge in [0.2, 0.25) is 11.8 Å². The van der Waals surface area contributed by atoms with E-state index in [9.17, 15) is 24.3 Å². The van der Waals surface area contributed by atoms with Crippen LogP contribution in [0.3, 0.4) is 0 Å². The van der Waals surface area contributed by atoms with Crippen LogP contribution in [0.4, 0.5) is 5.69 Å². The maximum atomic E-state index is 13.8. The molecular weight excluding hydrogens is 482 g/mol. The number of benzene rings is 2. The summed E-state index contributed by atoms with van der Waals surface area (Å²) in [6.45, 7) is 3.78. The van der Waals surface area contributed by atoms with Crippen molar-refractivity contribution in [3.05, 3.63) is 88.5 Å². The highest BCUT2D eigenvalue weighted by Crippen LogP contribution is 2.55. The van der Waals surface area contributed by atoms with Gasteiger partial charge in [0, 0.05) is 22.6 Å². The van der Waals surface area contributed by atoms with E-state index in [4.69, 9.17) is 4.74 Å². The van der Waals surface area contributed by atoms with E-state index in [0.717, 1.165) is 5.57 Å². The quantitative estimate of drug-likeness (QED) is 0.372. The summed E-state index contributed by atoms with van der Waals surface area (Å²) in [4.78, 5) is 55.4. The zero-order valence-corrected chi connectivity index (χ0v) is 21.1. The molecule has 1 aliphatic heterocycles. The lowest BCUT2D eigenvalue weighted by atomic mass is 9.59. The number of amides is 2. The number of anilines is 1. The molecule has 1 saturated heterocycles. The third-order valence-corrected chi connectivity index (χ3v) is 8.19. The lowest BCUT2D eigenvalue weighted by Crippen LogP contribution is -2.39. The maximum Gasteiger partial charge on any atom is 0.238 e. The van der Waals surface area contributed by atoms with Gasteiger partial charge in [0.05, 0.1) is 24.1 Å². The molecule has 6 rings (SSSR count). The van der Waals surface area contributed by atoms with Gasteiger partial charge in [-0.1, -0.05) is 35.9 Å². The summed E-state index contributed by atoms with van der Waals surface area (Å²) >= 11 is 0. The van der Waals surface area contributed by atoms with E-state index in [-0.39, 0.29) is 41.3 Å². The number of phenols is 1. The van der Waals surface area contributed by atoms with Crippen molar-refractivity contribution in [1.82, 2.24) is 0 Å². The van der Waals surface area contributed by atoms with Crippen molar-refractivity contribution < 1.29 is 29.0 Å². The van der Waals surface area contributed by atoms with Crippen molar-refractivity contribution in [3.8, 4) is 11.5 Å². The van der Waals surface area contributed by atoms with E-state index >= 15 is 0 Å². The van der Waals surface area contributed by atoms with Crippen molar-refractivity contribution in [2.24, 2.45) is 17.8 Å². The molecule has 1 fully saturated rings. The van der Waals surface area contributed by atoms with Crippen LogP contribution < -0.4 is 9.64 Å². The van der Waals surface area contributed by atoms with Crippen LogP contribution in [-0.2, 0) is 19.2 Å². The Morgan fingerprint density at radius 1 is 1.00 bits per heavy atom. The van der Waals surface area contributed by atoms with Crippen molar-refractivity contribution in [2.75, 3.05) is 11.5 Å². The Morgan fingerprint density at radius 2 is 1.76 bits per heavy atom. The molecule has 4 atom stereocenters. The summed E-state index contributed by atoms with van der Waals surface area (Å²) in [7, 11) is 0. The smallest absolute Gasteiger partial charge is 0.238 e. The molecule has 4 aliphatic rings. The number of hydrogen-bond donors (Lipinski definition) is 1. The molecule has 2 amide bonds. The summed E-state index contributed by atoms with van der Waals surface area (Å²) in [5.41, 5.74) is 3.28. The fourth-order valence-corrected chi connectivity index (χ4v) is 6.57. The molecule has 0 bridgehead atoms. The lowest BCUT2D eigenvalue weighted by molar-refractivity contribution is -0.123. The van der Waals surface area contributed by atoms with E-state index in [0.29, 0.717) is 41.0 Å². The fraction of sp³-hybridized carbons (Fsp3) is 0.290. The van der Waals surface area contributed by atoms with E-state index in [2.05, 4.69) is 0 Å². The minimum absolute atomic E-state index is 0.0216. The zero-order valence-electron chi connectivity index (χ0n) is 21.1. The summed E-state index contributed by atoms with van der Waals surface area (Å²) in [6, 6.07) is 13.8. The molecule has 0 unspecified atom stereocenters. The second-order valence-electron chi connectivity index (χ2n) is 10.2. The van der Waals surface area contributed by atoms with E-state index in [1.165, 1.54) is 17.0 Å². The Balaban J connectivity index is 1.50. The highest BCUT2D eigenvalue weighted by atomic mass is 16.5. The molecule has 1 heterocycles. The molecule has 3 aliphatic carbocycles. The number of ketones is 2. The van der Waals surface area contributed by atoms with E-state index < -0.39 is 23.7 Å². The average molecular weight is 510 g/mol. The first-order chi connectivity index (χ1) is 18.3. The maximum absolute atomic E-state index is 13.8. The molecule has 7 nitrogen and oxygen atoms in total. The number of hydrogen-bond acceptors (Lipinski definition) is 6. The molecule has 1 N–H and O–H groups in total. The number of carbonyl (C=O) groups is 4. The van der Waals surface area contributed by atoms with Crippen LogP contribution in [0.1, 0.15) is 38.2 Å². The topological polar surface area (TPSA) is 101 Å². The van der Waals surface area contributed by atoms with Gasteiger partial charge in [-0.2, -0.15) is 0 Å². The molecule has 2 aromatic carbocycles. The van der Waals surface area contributed by atoms with Gasteiger partial charge in [0.15, 0.2) is 23.1 Å². The first kappa shape index (κ1) is 24.1. The number of para-hydroxylation sites is 1. The van der Waals surface area contributed by atoms with Crippen molar-refractivity contribution >= 4 is 29.1 Å². The minimum Gasteiger partial charge on any atom is -0.504 e. The molecular formula is C31H27NO6. The first-order valence-corrected chi connectivity index (χ1v) is 12.9. The molecule has 2 aromatic rings. The van der Waals surface area contributed by atoms with Crippen LogP contribution in [-0.4, -0.2) is 35.1 Å². The highest BCUT2D eigenvalue weighted by Gasteiger charge is 2.56. The van der Waals surface area contributed by atoms with Crippen LogP contribution in [0.5, 0.6) is 11.5 Å². The first-order valence-electron chi connectivity index (χ1n) is 12.9. The lowest BCUT2D eigenvalue weighted by Gasteiger charge is -2.42. The highest BCUT2D eigenvalue weighted by molar-refractivity contribution is 6.25. The number of carbonyl (C=O) groups excluding carboxylic acids is 4. The summed E-state index contributed by atoms with van der Waals surface area (Å²) in [6.07, 6.45) is 3.96. The molecule has 0 saturated carbocycles.